The third kappa shape index (κ3) is 2.83. The summed E-state index contributed by atoms with van der Waals surface area (Å²) in [7, 11) is 0. The Balaban J connectivity index is 1.98. The predicted molar refractivity (Wildman–Crippen MR) is 85.9 cm³/mol. The molecule has 22 heavy (non-hydrogen) atoms. The lowest BCUT2D eigenvalue weighted by atomic mass is 10.1. The van der Waals surface area contributed by atoms with E-state index in [4.69, 9.17) is 10.00 Å². The molecule has 0 bridgehead atoms. The number of nitrogens with zero attached hydrogens (tertiary/aromatic N) is 2. The van der Waals surface area contributed by atoms with Crippen molar-refractivity contribution >= 4 is 33.9 Å². The maximum absolute atomic E-state index is 11.9. The molecule has 0 saturated heterocycles. The van der Waals surface area contributed by atoms with E-state index in [0.29, 0.717) is 11.1 Å². The summed E-state index contributed by atoms with van der Waals surface area (Å²) in [6.07, 6.45) is 1.60. The van der Waals surface area contributed by atoms with Crippen LogP contribution < -0.4 is 0 Å². The Morgan fingerprint density at radius 2 is 2.00 bits per heavy atom. The zero-order chi connectivity index (χ0) is 15.5. The van der Waals surface area contributed by atoms with Gasteiger partial charge in [0.2, 0.25) is 5.90 Å². The molecule has 106 valence electrons. The molecule has 0 aliphatic carbocycles. The highest BCUT2D eigenvalue weighted by atomic mass is 79.9. The van der Waals surface area contributed by atoms with Crippen LogP contribution in [0.3, 0.4) is 0 Å². The van der Waals surface area contributed by atoms with E-state index >= 15 is 0 Å². The molecule has 1 aliphatic heterocycles. The average Bonchev–Trinajstić information content (AvgIpc) is 2.89. The summed E-state index contributed by atoms with van der Waals surface area (Å²) in [4.78, 5) is 16.2. The van der Waals surface area contributed by atoms with E-state index in [1.54, 1.807) is 30.3 Å². The molecule has 0 spiro atoms. The van der Waals surface area contributed by atoms with Crippen LogP contribution in [-0.2, 0) is 9.53 Å². The Bertz CT molecular complexity index is 863. The fourth-order valence-electron chi connectivity index (χ4n) is 2.01. The molecule has 0 unspecified atom stereocenters. The Morgan fingerprint density at radius 3 is 2.77 bits per heavy atom. The lowest BCUT2D eigenvalue weighted by Gasteiger charge is -2.01. The van der Waals surface area contributed by atoms with Gasteiger partial charge >= 0.3 is 5.97 Å². The molecule has 4 nitrogen and oxygen atoms in total. The van der Waals surface area contributed by atoms with Crippen molar-refractivity contribution in [3.05, 3.63) is 75.4 Å². The van der Waals surface area contributed by atoms with Crippen LogP contribution in [0.4, 0.5) is 0 Å². The summed E-state index contributed by atoms with van der Waals surface area (Å²) in [5, 5.41) is 8.90. The summed E-state index contributed by atoms with van der Waals surface area (Å²) >= 11 is 3.40. The number of benzene rings is 2. The van der Waals surface area contributed by atoms with Crippen molar-refractivity contribution < 1.29 is 9.53 Å². The second-order valence-electron chi connectivity index (χ2n) is 4.55. The Hall–Kier alpha value is -2.71. The molecule has 1 aliphatic rings. The van der Waals surface area contributed by atoms with Gasteiger partial charge in [-0.25, -0.2) is 9.79 Å². The van der Waals surface area contributed by atoms with E-state index in [2.05, 4.69) is 27.0 Å². The molecule has 0 fully saturated rings. The maximum atomic E-state index is 11.9. The second kappa shape index (κ2) is 5.96. The van der Waals surface area contributed by atoms with E-state index in [1.807, 2.05) is 24.3 Å². The Labute approximate surface area is 135 Å². The normalized spacial score (nSPS) is 15.4. The summed E-state index contributed by atoms with van der Waals surface area (Å²) in [5.74, 6) is -0.242. The van der Waals surface area contributed by atoms with Gasteiger partial charge < -0.3 is 4.74 Å². The third-order valence-electron chi connectivity index (χ3n) is 3.04. The van der Waals surface area contributed by atoms with Crippen LogP contribution in [0.15, 0.2) is 63.7 Å². The second-order valence-corrected chi connectivity index (χ2v) is 5.41. The number of carbonyl (C=O) groups excluding carboxylic acids is 1. The van der Waals surface area contributed by atoms with Gasteiger partial charge in [0.05, 0.1) is 17.2 Å². The van der Waals surface area contributed by atoms with Crippen molar-refractivity contribution in [1.29, 1.82) is 5.26 Å². The van der Waals surface area contributed by atoms with Crippen LogP contribution >= 0.6 is 15.9 Å². The molecule has 5 heteroatoms. The lowest BCUT2D eigenvalue weighted by Crippen LogP contribution is -2.05. The molecule has 0 N–H and O–H groups in total. The molecule has 1 heterocycles. The fourth-order valence-corrected chi connectivity index (χ4v) is 2.47. The molecular weight excluding hydrogens is 344 g/mol. The average molecular weight is 353 g/mol. The van der Waals surface area contributed by atoms with Crippen molar-refractivity contribution in [3.8, 4) is 6.07 Å². The Kier molecular flexibility index (Phi) is 3.86. The number of nitriles is 1. The first-order chi connectivity index (χ1) is 10.7. The molecule has 0 amide bonds. The number of carbonyl (C=O) groups is 1. The molecule has 0 radical (unpaired) electrons. The van der Waals surface area contributed by atoms with Crippen LogP contribution in [0.5, 0.6) is 0 Å². The highest BCUT2D eigenvalue weighted by molar-refractivity contribution is 9.10. The number of ether oxygens (including phenoxy) is 1. The number of aliphatic imine (C=N–C) groups is 1. The van der Waals surface area contributed by atoms with Gasteiger partial charge in [-0.05, 0) is 51.8 Å². The van der Waals surface area contributed by atoms with E-state index < -0.39 is 5.97 Å². The summed E-state index contributed by atoms with van der Waals surface area (Å²) < 4.78 is 6.02. The molecule has 0 aromatic heterocycles. The quantitative estimate of drug-likeness (QED) is 0.611. The van der Waals surface area contributed by atoms with Crippen molar-refractivity contribution in [1.82, 2.24) is 0 Å². The van der Waals surface area contributed by atoms with E-state index in [0.717, 1.165) is 10.0 Å². The first-order valence-corrected chi connectivity index (χ1v) is 7.24. The number of cyclic esters (lactones) is 1. The van der Waals surface area contributed by atoms with Crippen molar-refractivity contribution in [2.45, 2.75) is 0 Å². The zero-order valence-corrected chi connectivity index (χ0v) is 12.9. The minimum absolute atomic E-state index is 0.209. The highest BCUT2D eigenvalue weighted by Gasteiger charge is 2.25. The summed E-state index contributed by atoms with van der Waals surface area (Å²) in [6, 6.07) is 16.4. The molecule has 3 rings (SSSR count). The smallest absolute Gasteiger partial charge is 0.363 e. The first kappa shape index (κ1) is 14.2. The van der Waals surface area contributed by atoms with Gasteiger partial charge in [-0.15, -0.1) is 0 Å². The first-order valence-electron chi connectivity index (χ1n) is 6.45. The van der Waals surface area contributed by atoms with E-state index in [9.17, 15) is 4.79 Å². The summed E-state index contributed by atoms with van der Waals surface area (Å²) in [6.45, 7) is 0. The minimum atomic E-state index is -0.506. The lowest BCUT2D eigenvalue weighted by molar-refractivity contribution is -0.129. The Morgan fingerprint density at radius 1 is 1.18 bits per heavy atom. The van der Waals surface area contributed by atoms with E-state index in [1.165, 1.54) is 0 Å². The van der Waals surface area contributed by atoms with Crippen LogP contribution in [0.25, 0.3) is 6.08 Å². The van der Waals surface area contributed by atoms with E-state index in [-0.39, 0.29) is 11.6 Å². The number of hydrogen-bond donors (Lipinski definition) is 0. The third-order valence-corrected chi connectivity index (χ3v) is 3.74. The summed E-state index contributed by atoms with van der Waals surface area (Å²) in [5.41, 5.74) is 2.17. The molecule has 0 atom stereocenters. The van der Waals surface area contributed by atoms with Gasteiger partial charge in [0.1, 0.15) is 0 Å². The number of hydrogen-bond acceptors (Lipinski definition) is 4. The van der Waals surface area contributed by atoms with Crippen LogP contribution in [0, 0.1) is 11.3 Å². The number of halogens is 1. The van der Waals surface area contributed by atoms with Crippen molar-refractivity contribution in [2.24, 2.45) is 4.99 Å². The number of rotatable bonds is 2. The van der Waals surface area contributed by atoms with Gasteiger partial charge in [0.25, 0.3) is 0 Å². The number of esters is 1. The van der Waals surface area contributed by atoms with Gasteiger partial charge in [0.15, 0.2) is 5.70 Å². The van der Waals surface area contributed by atoms with Gasteiger partial charge in [-0.1, -0.05) is 24.3 Å². The molecule has 2 aromatic carbocycles. The van der Waals surface area contributed by atoms with Gasteiger partial charge in [-0.3, -0.25) is 0 Å². The van der Waals surface area contributed by atoms with Crippen LogP contribution in [0.1, 0.15) is 16.7 Å². The predicted octanol–water partition coefficient (Wildman–Crippen LogP) is 3.67. The standard InChI is InChI=1S/C17H9BrN2O2/c18-14-7-2-1-6-13(14)16-20-15(17(21)22-16)9-11-4-3-5-12(8-11)10-19/h1-9H. The molecular formula is C17H9BrN2O2. The fraction of sp³-hybridized carbons (Fsp3) is 0. The van der Waals surface area contributed by atoms with Crippen molar-refractivity contribution in [2.75, 3.05) is 0 Å². The SMILES string of the molecule is N#Cc1cccc(C=C2N=C(c3ccccc3Br)OC2=O)c1. The van der Waals surface area contributed by atoms with Crippen LogP contribution in [0.2, 0.25) is 0 Å². The minimum Gasteiger partial charge on any atom is -0.402 e. The monoisotopic (exact) mass is 352 g/mol. The van der Waals surface area contributed by atoms with Gasteiger partial charge in [-0.2, -0.15) is 5.26 Å². The van der Waals surface area contributed by atoms with Crippen molar-refractivity contribution in [3.63, 3.8) is 0 Å². The largest absolute Gasteiger partial charge is 0.402 e. The maximum Gasteiger partial charge on any atom is 0.363 e. The van der Waals surface area contributed by atoms with Gasteiger partial charge in [0, 0.05) is 4.47 Å². The highest BCUT2D eigenvalue weighted by Crippen LogP contribution is 2.24. The molecule has 0 saturated carbocycles. The topological polar surface area (TPSA) is 62.4 Å². The zero-order valence-electron chi connectivity index (χ0n) is 11.3. The molecule has 2 aromatic rings. The van der Waals surface area contributed by atoms with Crippen LogP contribution in [-0.4, -0.2) is 11.9 Å².